The average molecular weight is 256 g/mol. The third-order valence-electron chi connectivity index (χ3n) is 4.09. The Labute approximate surface area is 111 Å². The molecule has 2 rings (SSSR count). The number of hydrogen-bond acceptors (Lipinski definition) is 4. The standard InChI is InChI=1S/C14H28N2O2/c1-4-15-7-5-6-14(17,10-15)11-16-8-12(2)18-13(3)9-16/h12-13,17H,4-11H2,1-3H3/t12-,13-,14-/m1/s1. The molecule has 2 saturated heterocycles. The molecule has 4 heteroatoms. The summed E-state index contributed by atoms with van der Waals surface area (Å²) in [4.78, 5) is 4.73. The third kappa shape index (κ3) is 3.67. The van der Waals surface area contributed by atoms with Gasteiger partial charge in [-0.3, -0.25) is 4.90 Å². The van der Waals surface area contributed by atoms with Crippen LogP contribution in [0.15, 0.2) is 0 Å². The fourth-order valence-electron chi connectivity index (χ4n) is 3.43. The second-order valence-electron chi connectivity index (χ2n) is 6.15. The van der Waals surface area contributed by atoms with Crippen LogP contribution in [0.2, 0.25) is 0 Å². The number of piperidine rings is 1. The van der Waals surface area contributed by atoms with Gasteiger partial charge in [0.05, 0.1) is 17.8 Å². The third-order valence-corrected chi connectivity index (χ3v) is 4.09. The smallest absolute Gasteiger partial charge is 0.0900 e. The van der Waals surface area contributed by atoms with Crippen molar-refractivity contribution in [2.24, 2.45) is 0 Å². The van der Waals surface area contributed by atoms with Crippen LogP contribution in [0.1, 0.15) is 33.6 Å². The topological polar surface area (TPSA) is 35.9 Å². The molecule has 106 valence electrons. The molecule has 0 spiro atoms. The van der Waals surface area contributed by atoms with Gasteiger partial charge in [0.1, 0.15) is 0 Å². The number of aliphatic hydroxyl groups is 1. The SMILES string of the molecule is CCN1CCC[C@](O)(CN2C[C@@H](C)O[C@H](C)C2)C1. The minimum atomic E-state index is -0.523. The van der Waals surface area contributed by atoms with Gasteiger partial charge in [-0.1, -0.05) is 6.92 Å². The van der Waals surface area contributed by atoms with Gasteiger partial charge >= 0.3 is 0 Å². The Hall–Kier alpha value is -0.160. The van der Waals surface area contributed by atoms with E-state index in [2.05, 4.69) is 30.6 Å². The highest BCUT2D eigenvalue weighted by molar-refractivity contribution is 4.91. The Balaban J connectivity index is 1.90. The molecule has 0 amide bonds. The number of ether oxygens (including phenoxy) is 1. The number of β-amino-alcohol motifs (C(OH)–C–C–N with tert-alkyl or cyclic N) is 1. The minimum absolute atomic E-state index is 0.281. The summed E-state index contributed by atoms with van der Waals surface area (Å²) in [5, 5.41) is 10.8. The first-order valence-electron chi connectivity index (χ1n) is 7.33. The number of morpholine rings is 1. The van der Waals surface area contributed by atoms with Crippen LogP contribution < -0.4 is 0 Å². The van der Waals surface area contributed by atoms with Crippen molar-refractivity contribution in [2.75, 3.05) is 39.3 Å². The van der Waals surface area contributed by atoms with Crippen molar-refractivity contribution >= 4 is 0 Å². The van der Waals surface area contributed by atoms with Crippen molar-refractivity contribution < 1.29 is 9.84 Å². The molecule has 2 aliphatic rings. The number of rotatable bonds is 3. The Bertz CT molecular complexity index is 265. The van der Waals surface area contributed by atoms with Gasteiger partial charge < -0.3 is 14.7 Å². The van der Waals surface area contributed by atoms with E-state index in [-0.39, 0.29) is 12.2 Å². The quantitative estimate of drug-likeness (QED) is 0.815. The van der Waals surface area contributed by atoms with E-state index in [1.807, 2.05) is 0 Å². The fourth-order valence-corrected chi connectivity index (χ4v) is 3.43. The van der Waals surface area contributed by atoms with E-state index in [1.165, 1.54) is 0 Å². The van der Waals surface area contributed by atoms with Gasteiger partial charge in [0.25, 0.3) is 0 Å². The number of nitrogens with zero attached hydrogens (tertiary/aromatic N) is 2. The zero-order valence-corrected chi connectivity index (χ0v) is 12.1. The lowest BCUT2D eigenvalue weighted by Crippen LogP contribution is -2.57. The van der Waals surface area contributed by atoms with Crippen LogP contribution in [-0.2, 0) is 4.74 Å². The first kappa shape index (κ1) is 14.3. The summed E-state index contributed by atoms with van der Waals surface area (Å²) in [7, 11) is 0. The van der Waals surface area contributed by atoms with Crippen molar-refractivity contribution in [2.45, 2.75) is 51.4 Å². The highest BCUT2D eigenvalue weighted by atomic mass is 16.5. The summed E-state index contributed by atoms with van der Waals surface area (Å²) in [5.74, 6) is 0. The van der Waals surface area contributed by atoms with Gasteiger partial charge in [0, 0.05) is 26.2 Å². The molecule has 0 saturated carbocycles. The lowest BCUT2D eigenvalue weighted by atomic mass is 9.91. The maximum absolute atomic E-state index is 10.8. The van der Waals surface area contributed by atoms with Crippen molar-refractivity contribution in [3.05, 3.63) is 0 Å². The Morgan fingerprint density at radius 1 is 1.22 bits per heavy atom. The maximum atomic E-state index is 10.8. The van der Waals surface area contributed by atoms with Crippen LogP contribution in [-0.4, -0.2) is 72.0 Å². The summed E-state index contributed by atoms with van der Waals surface area (Å²) in [6.07, 6.45) is 2.61. The molecule has 2 aliphatic heterocycles. The molecule has 0 unspecified atom stereocenters. The molecule has 0 radical (unpaired) electrons. The lowest BCUT2D eigenvalue weighted by Gasteiger charge is -2.44. The second kappa shape index (κ2) is 5.87. The Kier molecular flexibility index (Phi) is 4.64. The first-order chi connectivity index (χ1) is 8.50. The second-order valence-corrected chi connectivity index (χ2v) is 6.15. The maximum Gasteiger partial charge on any atom is 0.0900 e. The van der Waals surface area contributed by atoms with Crippen LogP contribution in [0.5, 0.6) is 0 Å². The number of hydrogen-bond donors (Lipinski definition) is 1. The molecule has 0 aromatic carbocycles. The van der Waals surface area contributed by atoms with Crippen molar-refractivity contribution in [1.29, 1.82) is 0 Å². The van der Waals surface area contributed by atoms with Gasteiger partial charge in [-0.25, -0.2) is 0 Å². The zero-order valence-electron chi connectivity index (χ0n) is 12.1. The Morgan fingerprint density at radius 3 is 2.50 bits per heavy atom. The minimum Gasteiger partial charge on any atom is -0.387 e. The van der Waals surface area contributed by atoms with E-state index in [0.717, 1.165) is 52.1 Å². The van der Waals surface area contributed by atoms with Crippen molar-refractivity contribution in [3.8, 4) is 0 Å². The van der Waals surface area contributed by atoms with Gasteiger partial charge in [0.15, 0.2) is 0 Å². The molecule has 18 heavy (non-hydrogen) atoms. The van der Waals surface area contributed by atoms with Crippen LogP contribution in [0.4, 0.5) is 0 Å². The number of likely N-dealkylation sites (tertiary alicyclic amines) is 1. The summed E-state index contributed by atoms with van der Waals surface area (Å²) in [6.45, 7) is 12.1. The predicted molar refractivity (Wildman–Crippen MR) is 72.7 cm³/mol. The molecule has 2 fully saturated rings. The summed E-state index contributed by atoms with van der Waals surface area (Å²) >= 11 is 0. The monoisotopic (exact) mass is 256 g/mol. The first-order valence-corrected chi connectivity index (χ1v) is 7.33. The average Bonchev–Trinajstić information content (AvgIpc) is 2.26. The van der Waals surface area contributed by atoms with Crippen molar-refractivity contribution in [1.82, 2.24) is 9.80 Å². The number of likely N-dealkylation sites (N-methyl/N-ethyl adjacent to an activating group) is 1. The largest absolute Gasteiger partial charge is 0.387 e. The lowest BCUT2D eigenvalue weighted by molar-refractivity contribution is -0.106. The van der Waals surface area contributed by atoms with Gasteiger partial charge in [0.2, 0.25) is 0 Å². The van der Waals surface area contributed by atoms with Gasteiger partial charge in [-0.15, -0.1) is 0 Å². The molecule has 0 aromatic heterocycles. The van der Waals surface area contributed by atoms with E-state index in [4.69, 9.17) is 4.74 Å². The highest BCUT2D eigenvalue weighted by Crippen LogP contribution is 2.23. The van der Waals surface area contributed by atoms with E-state index in [1.54, 1.807) is 0 Å². The normalized spacial score (nSPS) is 40.0. The summed E-state index contributed by atoms with van der Waals surface area (Å²) in [6, 6.07) is 0. The Morgan fingerprint density at radius 2 is 1.89 bits per heavy atom. The van der Waals surface area contributed by atoms with Crippen LogP contribution in [0.3, 0.4) is 0 Å². The van der Waals surface area contributed by atoms with Crippen molar-refractivity contribution in [3.63, 3.8) is 0 Å². The molecule has 0 aliphatic carbocycles. The van der Waals surface area contributed by atoms with E-state index < -0.39 is 5.60 Å². The van der Waals surface area contributed by atoms with Crippen LogP contribution in [0.25, 0.3) is 0 Å². The summed E-state index contributed by atoms with van der Waals surface area (Å²) < 4.78 is 5.75. The molecule has 0 aromatic rings. The predicted octanol–water partition coefficient (Wildman–Crippen LogP) is 0.942. The summed E-state index contributed by atoms with van der Waals surface area (Å²) in [5.41, 5.74) is -0.523. The fraction of sp³-hybridized carbons (Fsp3) is 1.00. The molecule has 3 atom stereocenters. The molecular weight excluding hydrogens is 228 g/mol. The van der Waals surface area contributed by atoms with E-state index in [0.29, 0.717) is 0 Å². The molecule has 2 heterocycles. The van der Waals surface area contributed by atoms with Gasteiger partial charge in [-0.05, 0) is 39.8 Å². The molecular formula is C14H28N2O2. The van der Waals surface area contributed by atoms with Crippen LogP contribution in [0, 0.1) is 0 Å². The van der Waals surface area contributed by atoms with E-state index in [9.17, 15) is 5.11 Å². The molecule has 0 bridgehead atoms. The van der Waals surface area contributed by atoms with Crippen LogP contribution >= 0.6 is 0 Å². The zero-order chi connectivity index (χ0) is 13.2. The van der Waals surface area contributed by atoms with Gasteiger partial charge in [-0.2, -0.15) is 0 Å². The van der Waals surface area contributed by atoms with E-state index >= 15 is 0 Å². The highest BCUT2D eigenvalue weighted by Gasteiger charge is 2.36. The molecule has 1 N–H and O–H groups in total. The molecule has 4 nitrogen and oxygen atoms in total.